The summed E-state index contributed by atoms with van der Waals surface area (Å²) in [6, 6.07) is 9.40. The normalized spacial score (nSPS) is 17.6. The molecule has 0 radical (unpaired) electrons. The number of nitrogens with zero attached hydrogens (tertiary/aromatic N) is 1. The van der Waals surface area contributed by atoms with Gasteiger partial charge in [-0.05, 0) is 25.0 Å². The molecule has 1 aromatic rings. The van der Waals surface area contributed by atoms with Gasteiger partial charge in [-0.3, -0.25) is 4.79 Å². The number of benzene rings is 1. The van der Waals surface area contributed by atoms with Crippen LogP contribution in [0.15, 0.2) is 30.3 Å². The van der Waals surface area contributed by atoms with Gasteiger partial charge in [0, 0.05) is 12.2 Å². The highest BCUT2D eigenvalue weighted by Gasteiger charge is 2.33. The van der Waals surface area contributed by atoms with E-state index in [1.54, 1.807) is 4.90 Å². The first-order valence-corrected chi connectivity index (χ1v) is 6.33. The molecular weight excluding hydrogens is 230 g/mol. The maximum atomic E-state index is 10.9. The van der Waals surface area contributed by atoms with Crippen LogP contribution in [0.1, 0.15) is 25.7 Å². The molecule has 0 atom stereocenters. The summed E-state index contributed by atoms with van der Waals surface area (Å²) in [4.78, 5) is 12.7. The maximum absolute atomic E-state index is 10.9. The Hall–Kier alpha value is -1.55. The Morgan fingerprint density at radius 1 is 1.22 bits per heavy atom. The first kappa shape index (κ1) is 12.9. The SMILES string of the molecule is O=C(O)CN(CC1(O)CCCC1)c1ccccc1. The first-order chi connectivity index (χ1) is 8.59. The van der Waals surface area contributed by atoms with Crippen molar-refractivity contribution in [3.63, 3.8) is 0 Å². The number of carbonyl (C=O) groups is 1. The molecule has 1 fully saturated rings. The number of carboxylic acids is 1. The van der Waals surface area contributed by atoms with E-state index in [9.17, 15) is 9.90 Å². The van der Waals surface area contributed by atoms with Gasteiger partial charge >= 0.3 is 5.97 Å². The van der Waals surface area contributed by atoms with E-state index in [-0.39, 0.29) is 6.54 Å². The third kappa shape index (κ3) is 3.23. The monoisotopic (exact) mass is 249 g/mol. The summed E-state index contributed by atoms with van der Waals surface area (Å²) in [6.45, 7) is 0.315. The minimum absolute atomic E-state index is 0.0771. The molecule has 0 unspecified atom stereocenters. The summed E-state index contributed by atoms with van der Waals surface area (Å²) >= 11 is 0. The van der Waals surface area contributed by atoms with Crippen LogP contribution in [0.2, 0.25) is 0 Å². The first-order valence-electron chi connectivity index (χ1n) is 6.33. The fourth-order valence-electron chi connectivity index (χ4n) is 2.59. The van der Waals surface area contributed by atoms with Crippen molar-refractivity contribution in [3.8, 4) is 0 Å². The van der Waals surface area contributed by atoms with E-state index in [4.69, 9.17) is 5.11 Å². The molecule has 2 N–H and O–H groups in total. The van der Waals surface area contributed by atoms with Gasteiger partial charge in [-0.1, -0.05) is 31.0 Å². The van der Waals surface area contributed by atoms with E-state index in [0.29, 0.717) is 6.54 Å². The number of aliphatic carboxylic acids is 1. The number of anilines is 1. The lowest BCUT2D eigenvalue weighted by molar-refractivity contribution is -0.135. The second-order valence-electron chi connectivity index (χ2n) is 5.02. The van der Waals surface area contributed by atoms with Gasteiger partial charge in [0.2, 0.25) is 0 Å². The molecule has 0 amide bonds. The standard InChI is InChI=1S/C14H19NO3/c16-13(17)10-15(12-6-2-1-3-7-12)11-14(18)8-4-5-9-14/h1-3,6-7,18H,4-5,8-11H2,(H,16,17). The molecule has 1 saturated carbocycles. The van der Waals surface area contributed by atoms with Crippen molar-refractivity contribution in [3.05, 3.63) is 30.3 Å². The number of carboxylic acid groups (broad SMARTS) is 1. The summed E-state index contributed by atoms with van der Waals surface area (Å²) in [5, 5.41) is 19.4. The number of para-hydroxylation sites is 1. The largest absolute Gasteiger partial charge is 0.480 e. The molecule has 4 nitrogen and oxygen atoms in total. The molecule has 98 valence electrons. The number of hydrogen-bond donors (Lipinski definition) is 2. The second kappa shape index (κ2) is 5.40. The molecule has 0 aliphatic heterocycles. The van der Waals surface area contributed by atoms with Crippen molar-refractivity contribution in [1.82, 2.24) is 0 Å². The summed E-state index contributed by atoms with van der Waals surface area (Å²) in [5.41, 5.74) is 0.117. The molecule has 0 saturated heterocycles. The maximum Gasteiger partial charge on any atom is 0.323 e. The molecule has 2 rings (SSSR count). The molecule has 1 aliphatic rings. The van der Waals surface area contributed by atoms with Gasteiger partial charge in [0.05, 0.1) is 5.60 Å². The lowest BCUT2D eigenvalue weighted by Gasteiger charge is -2.31. The van der Waals surface area contributed by atoms with E-state index in [0.717, 1.165) is 31.4 Å². The summed E-state index contributed by atoms with van der Waals surface area (Å²) < 4.78 is 0. The van der Waals surface area contributed by atoms with Crippen LogP contribution in [0.25, 0.3) is 0 Å². The van der Waals surface area contributed by atoms with Gasteiger partial charge in [-0.25, -0.2) is 0 Å². The minimum atomic E-state index is -0.875. The lowest BCUT2D eigenvalue weighted by Crippen LogP contribution is -2.43. The Kier molecular flexibility index (Phi) is 3.87. The highest BCUT2D eigenvalue weighted by molar-refractivity contribution is 5.73. The fourth-order valence-corrected chi connectivity index (χ4v) is 2.59. The van der Waals surface area contributed by atoms with Crippen molar-refractivity contribution >= 4 is 11.7 Å². The van der Waals surface area contributed by atoms with Crippen molar-refractivity contribution in [2.45, 2.75) is 31.3 Å². The molecular formula is C14H19NO3. The Morgan fingerprint density at radius 3 is 2.39 bits per heavy atom. The van der Waals surface area contributed by atoms with E-state index >= 15 is 0 Å². The average molecular weight is 249 g/mol. The Balaban J connectivity index is 2.12. The third-order valence-corrected chi connectivity index (χ3v) is 3.47. The van der Waals surface area contributed by atoms with Crippen LogP contribution < -0.4 is 4.90 Å². The third-order valence-electron chi connectivity index (χ3n) is 3.47. The predicted octanol–water partition coefficient (Wildman–Crippen LogP) is 1.88. The molecule has 4 heteroatoms. The molecule has 0 bridgehead atoms. The molecule has 1 aliphatic carbocycles. The van der Waals surface area contributed by atoms with Crippen LogP contribution in [-0.2, 0) is 4.79 Å². The van der Waals surface area contributed by atoms with E-state index in [1.807, 2.05) is 30.3 Å². The van der Waals surface area contributed by atoms with E-state index in [2.05, 4.69) is 0 Å². The Labute approximate surface area is 107 Å². The zero-order valence-electron chi connectivity index (χ0n) is 10.4. The molecule has 18 heavy (non-hydrogen) atoms. The van der Waals surface area contributed by atoms with Gasteiger partial charge < -0.3 is 15.1 Å². The average Bonchev–Trinajstić information content (AvgIpc) is 2.76. The Morgan fingerprint density at radius 2 is 1.83 bits per heavy atom. The van der Waals surface area contributed by atoms with Crippen molar-refractivity contribution < 1.29 is 15.0 Å². The zero-order chi connectivity index (χ0) is 13.0. The Bertz CT molecular complexity index is 399. The topological polar surface area (TPSA) is 60.8 Å². The second-order valence-corrected chi connectivity index (χ2v) is 5.02. The summed E-state index contributed by atoms with van der Waals surface area (Å²) in [5.74, 6) is -0.875. The lowest BCUT2D eigenvalue weighted by atomic mass is 10.0. The van der Waals surface area contributed by atoms with E-state index in [1.165, 1.54) is 0 Å². The molecule has 1 aromatic carbocycles. The number of hydrogen-bond acceptors (Lipinski definition) is 3. The minimum Gasteiger partial charge on any atom is -0.480 e. The van der Waals surface area contributed by atoms with Gasteiger partial charge in [-0.2, -0.15) is 0 Å². The zero-order valence-corrected chi connectivity index (χ0v) is 10.4. The van der Waals surface area contributed by atoms with Crippen molar-refractivity contribution in [2.24, 2.45) is 0 Å². The van der Waals surface area contributed by atoms with Gasteiger partial charge in [0.1, 0.15) is 6.54 Å². The molecule has 0 aromatic heterocycles. The van der Waals surface area contributed by atoms with Gasteiger partial charge in [-0.15, -0.1) is 0 Å². The molecule has 0 spiro atoms. The smallest absolute Gasteiger partial charge is 0.323 e. The molecule has 0 heterocycles. The van der Waals surface area contributed by atoms with Crippen molar-refractivity contribution in [2.75, 3.05) is 18.0 Å². The van der Waals surface area contributed by atoms with Gasteiger partial charge in [0.15, 0.2) is 0 Å². The van der Waals surface area contributed by atoms with E-state index < -0.39 is 11.6 Å². The predicted molar refractivity (Wildman–Crippen MR) is 69.7 cm³/mol. The number of aliphatic hydroxyl groups is 1. The van der Waals surface area contributed by atoms with Crippen LogP contribution in [0.4, 0.5) is 5.69 Å². The van der Waals surface area contributed by atoms with Crippen LogP contribution >= 0.6 is 0 Å². The van der Waals surface area contributed by atoms with Crippen LogP contribution in [0, 0.1) is 0 Å². The van der Waals surface area contributed by atoms with Crippen LogP contribution in [0.3, 0.4) is 0 Å². The van der Waals surface area contributed by atoms with Crippen LogP contribution in [0.5, 0.6) is 0 Å². The van der Waals surface area contributed by atoms with Crippen LogP contribution in [-0.4, -0.2) is 34.9 Å². The summed E-state index contributed by atoms with van der Waals surface area (Å²) in [7, 11) is 0. The summed E-state index contributed by atoms with van der Waals surface area (Å²) in [6.07, 6.45) is 3.56. The fraction of sp³-hybridized carbons (Fsp3) is 0.500. The van der Waals surface area contributed by atoms with Crippen molar-refractivity contribution in [1.29, 1.82) is 0 Å². The quantitative estimate of drug-likeness (QED) is 0.836. The highest BCUT2D eigenvalue weighted by Crippen LogP contribution is 2.31. The highest BCUT2D eigenvalue weighted by atomic mass is 16.4. The van der Waals surface area contributed by atoms with Gasteiger partial charge in [0.25, 0.3) is 0 Å². The number of rotatable bonds is 5.